The Balaban J connectivity index is 1.67. The quantitative estimate of drug-likeness (QED) is 0.926. The van der Waals surface area contributed by atoms with Crippen molar-refractivity contribution >= 4 is 6.09 Å². The Labute approximate surface area is 128 Å². The maximum absolute atomic E-state index is 12.2. The Morgan fingerprint density at radius 1 is 1.18 bits per heavy atom. The van der Waals surface area contributed by atoms with Crippen LogP contribution in [0.1, 0.15) is 11.1 Å². The van der Waals surface area contributed by atoms with Crippen molar-refractivity contribution in [2.75, 3.05) is 13.2 Å². The van der Waals surface area contributed by atoms with E-state index in [1.54, 1.807) is 18.2 Å². The molecule has 0 aromatic heterocycles. The van der Waals surface area contributed by atoms with Gasteiger partial charge in [-0.15, -0.1) is 0 Å². The molecule has 0 unspecified atom stereocenters. The Kier molecular flexibility index (Phi) is 4.14. The highest BCUT2D eigenvalue weighted by Gasteiger charge is 2.23. The van der Waals surface area contributed by atoms with E-state index in [1.165, 1.54) is 4.90 Å². The van der Waals surface area contributed by atoms with Gasteiger partial charge in [0.15, 0.2) is 0 Å². The molecule has 0 fully saturated rings. The second kappa shape index (κ2) is 6.39. The second-order valence-electron chi connectivity index (χ2n) is 5.06. The van der Waals surface area contributed by atoms with E-state index in [2.05, 4.69) is 0 Å². The minimum absolute atomic E-state index is 0.125. The molecule has 1 aliphatic rings. The van der Waals surface area contributed by atoms with Gasteiger partial charge in [-0.2, -0.15) is 0 Å². The molecule has 114 valence electrons. The molecule has 1 N–H and O–H groups in total. The molecule has 0 saturated carbocycles. The standard InChI is InChI=1S/C17H17NO4/c19-15-7-4-8-16-14(15)11-18(9-10-21-16)17(20)22-12-13-5-2-1-3-6-13/h1-8,19H,9-12H2. The minimum atomic E-state index is -0.413. The highest BCUT2D eigenvalue weighted by Crippen LogP contribution is 2.30. The van der Waals surface area contributed by atoms with Crippen molar-refractivity contribution in [3.63, 3.8) is 0 Å². The van der Waals surface area contributed by atoms with E-state index in [0.29, 0.717) is 24.5 Å². The van der Waals surface area contributed by atoms with Crippen molar-refractivity contribution in [1.29, 1.82) is 0 Å². The van der Waals surface area contributed by atoms with Gasteiger partial charge in [-0.1, -0.05) is 36.4 Å². The van der Waals surface area contributed by atoms with Crippen LogP contribution in [0.5, 0.6) is 11.5 Å². The van der Waals surface area contributed by atoms with Crippen LogP contribution >= 0.6 is 0 Å². The molecule has 1 aliphatic heterocycles. The summed E-state index contributed by atoms with van der Waals surface area (Å²) in [5, 5.41) is 9.93. The number of rotatable bonds is 2. The maximum atomic E-state index is 12.2. The molecule has 0 spiro atoms. The largest absolute Gasteiger partial charge is 0.507 e. The lowest BCUT2D eigenvalue weighted by atomic mass is 10.1. The van der Waals surface area contributed by atoms with E-state index in [9.17, 15) is 9.90 Å². The lowest BCUT2D eigenvalue weighted by Gasteiger charge is -2.19. The summed E-state index contributed by atoms with van der Waals surface area (Å²) in [4.78, 5) is 13.7. The van der Waals surface area contributed by atoms with Gasteiger partial charge < -0.3 is 19.5 Å². The molecule has 3 rings (SSSR count). The van der Waals surface area contributed by atoms with Gasteiger partial charge in [0.25, 0.3) is 0 Å². The molecule has 5 heteroatoms. The van der Waals surface area contributed by atoms with Crippen LogP contribution in [-0.4, -0.2) is 29.3 Å². The summed E-state index contributed by atoms with van der Waals surface area (Å²) in [5.41, 5.74) is 1.54. The highest BCUT2D eigenvalue weighted by atomic mass is 16.6. The zero-order valence-electron chi connectivity index (χ0n) is 12.1. The monoisotopic (exact) mass is 299 g/mol. The number of phenolic OH excluding ortho intramolecular Hbond substituents is 1. The van der Waals surface area contributed by atoms with Crippen molar-refractivity contribution in [2.45, 2.75) is 13.2 Å². The molecule has 22 heavy (non-hydrogen) atoms. The molecule has 0 aliphatic carbocycles. The molecule has 0 saturated heterocycles. The van der Waals surface area contributed by atoms with Crippen molar-refractivity contribution in [3.8, 4) is 11.5 Å². The van der Waals surface area contributed by atoms with Crippen LogP contribution in [0.2, 0.25) is 0 Å². The molecular weight excluding hydrogens is 282 g/mol. The zero-order chi connectivity index (χ0) is 15.4. The number of benzene rings is 2. The summed E-state index contributed by atoms with van der Waals surface area (Å²) in [7, 11) is 0. The smallest absolute Gasteiger partial charge is 0.410 e. The van der Waals surface area contributed by atoms with Crippen LogP contribution in [0.25, 0.3) is 0 Å². The summed E-state index contributed by atoms with van der Waals surface area (Å²) in [6.07, 6.45) is -0.413. The summed E-state index contributed by atoms with van der Waals surface area (Å²) >= 11 is 0. The van der Waals surface area contributed by atoms with E-state index in [4.69, 9.17) is 9.47 Å². The second-order valence-corrected chi connectivity index (χ2v) is 5.06. The molecule has 2 aromatic carbocycles. The van der Waals surface area contributed by atoms with Crippen molar-refractivity contribution < 1.29 is 19.4 Å². The normalized spacial score (nSPS) is 13.7. The zero-order valence-corrected chi connectivity index (χ0v) is 12.1. The van der Waals surface area contributed by atoms with E-state index in [-0.39, 0.29) is 18.9 Å². The van der Waals surface area contributed by atoms with E-state index >= 15 is 0 Å². The maximum Gasteiger partial charge on any atom is 0.410 e. The molecule has 1 amide bonds. The van der Waals surface area contributed by atoms with Crippen molar-refractivity contribution in [1.82, 2.24) is 4.90 Å². The summed E-state index contributed by atoms with van der Waals surface area (Å²) in [6, 6.07) is 14.6. The van der Waals surface area contributed by atoms with Crippen LogP contribution in [0.15, 0.2) is 48.5 Å². The van der Waals surface area contributed by atoms with Gasteiger partial charge >= 0.3 is 6.09 Å². The number of carbonyl (C=O) groups excluding carboxylic acids is 1. The number of hydrogen-bond acceptors (Lipinski definition) is 4. The predicted molar refractivity (Wildman–Crippen MR) is 80.6 cm³/mol. The lowest BCUT2D eigenvalue weighted by molar-refractivity contribution is 0.0912. The number of amides is 1. The average molecular weight is 299 g/mol. The third-order valence-electron chi connectivity index (χ3n) is 3.54. The van der Waals surface area contributed by atoms with E-state index in [0.717, 1.165) is 5.56 Å². The molecular formula is C17H17NO4. The fraction of sp³-hybridized carbons (Fsp3) is 0.235. The third kappa shape index (κ3) is 3.14. The molecule has 2 aromatic rings. The number of hydrogen-bond donors (Lipinski definition) is 1. The average Bonchev–Trinajstić information content (AvgIpc) is 2.77. The van der Waals surface area contributed by atoms with Crippen molar-refractivity contribution in [2.24, 2.45) is 0 Å². The van der Waals surface area contributed by atoms with Gasteiger partial charge in [0, 0.05) is 0 Å². The summed E-state index contributed by atoms with van der Waals surface area (Å²) in [6.45, 7) is 1.29. The predicted octanol–water partition coefficient (Wildman–Crippen LogP) is 2.92. The molecule has 1 heterocycles. The first-order chi connectivity index (χ1) is 10.7. The van der Waals surface area contributed by atoms with Crippen LogP contribution in [0.3, 0.4) is 0 Å². The molecule has 0 bridgehead atoms. The number of fused-ring (bicyclic) bond motifs is 1. The first kappa shape index (κ1) is 14.3. The van der Waals surface area contributed by atoms with Gasteiger partial charge in [-0.3, -0.25) is 0 Å². The van der Waals surface area contributed by atoms with E-state index < -0.39 is 6.09 Å². The van der Waals surface area contributed by atoms with Gasteiger partial charge in [0.2, 0.25) is 0 Å². The van der Waals surface area contributed by atoms with Crippen LogP contribution < -0.4 is 4.74 Å². The first-order valence-electron chi connectivity index (χ1n) is 7.13. The number of carbonyl (C=O) groups is 1. The highest BCUT2D eigenvalue weighted by molar-refractivity contribution is 5.68. The summed E-state index contributed by atoms with van der Waals surface area (Å²) in [5.74, 6) is 0.735. The van der Waals surface area contributed by atoms with E-state index in [1.807, 2.05) is 30.3 Å². The molecule has 5 nitrogen and oxygen atoms in total. The van der Waals surface area contributed by atoms with Crippen LogP contribution in [-0.2, 0) is 17.9 Å². The molecule has 0 atom stereocenters. The van der Waals surface area contributed by atoms with Crippen molar-refractivity contribution in [3.05, 3.63) is 59.7 Å². The minimum Gasteiger partial charge on any atom is -0.507 e. The third-order valence-corrected chi connectivity index (χ3v) is 3.54. The van der Waals surface area contributed by atoms with Crippen LogP contribution in [0, 0.1) is 0 Å². The number of phenols is 1. The number of nitrogens with zero attached hydrogens (tertiary/aromatic N) is 1. The van der Waals surface area contributed by atoms with Gasteiger partial charge in [-0.25, -0.2) is 4.79 Å². The summed E-state index contributed by atoms with van der Waals surface area (Å²) < 4.78 is 10.9. The van der Waals surface area contributed by atoms with Gasteiger partial charge in [0.05, 0.1) is 18.7 Å². The van der Waals surface area contributed by atoms with Crippen LogP contribution in [0.4, 0.5) is 4.79 Å². The van der Waals surface area contributed by atoms with Gasteiger partial charge in [0.1, 0.15) is 24.7 Å². The first-order valence-corrected chi connectivity index (χ1v) is 7.13. The lowest BCUT2D eigenvalue weighted by Crippen LogP contribution is -2.32. The Hall–Kier alpha value is -2.69. The SMILES string of the molecule is O=C(OCc1ccccc1)N1CCOc2cccc(O)c2C1. The van der Waals surface area contributed by atoms with Gasteiger partial charge in [-0.05, 0) is 17.7 Å². The Morgan fingerprint density at radius 3 is 2.82 bits per heavy atom. The number of ether oxygens (including phenoxy) is 2. The topological polar surface area (TPSA) is 59.0 Å². The molecule has 0 radical (unpaired) electrons. The number of aromatic hydroxyl groups is 1. The Bertz CT molecular complexity index is 657. The fourth-order valence-electron chi connectivity index (χ4n) is 2.35. The fourth-order valence-corrected chi connectivity index (χ4v) is 2.35. The Morgan fingerprint density at radius 2 is 2.00 bits per heavy atom.